The van der Waals surface area contributed by atoms with Crippen molar-refractivity contribution in [2.45, 2.75) is 23.9 Å². The molecule has 0 aromatic heterocycles. The van der Waals surface area contributed by atoms with E-state index in [9.17, 15) is 22.0 Å². The number of hydrogen-bond donors (Lipinski definition) is 1. The van der Waals surface area contributed by atoms with Gasteiger partial charge in [0.25, 0.3) is 0 Å². The Balaban J connectivity index is 1.70. The Bertz CT molecular complexity index is 888. The summed E-state index contributed by atoms with van der Waals surface area (Å²) in [6.07, 6.45) is 0.314. The zero-order valence-corrected chi connectivity index (χ0v) is 14.0. The molecular weight excluding hydrogens is 350 g/mol. The third kappa shape index (κ3) is 3.85. The number of amides is 1. The van der Waals surface area contributed by atoms with Crippen LogP contribution in [-0.2, 0) is 21.4 Å². The maximum atomic E-state index is 13.3. The smallest absolute Gasteiger partial charge is 0.241 e. The van der Waals surface area contributed by atoms with Gasteiger partial charge in [-0.1, -0.05) is 30.3 Å². The van der Waals surface area contributed by atoms with Crippen molar-refractivity contribution in [3.05, 3.63) is 65.7 Å². The number of carbonyl (C=O) groups is 1. The predicted octanol–water partition coefficient (Wildman–Crippen LogP) is 2.04. The molecule has 1 saturated heterocycles. The summed E-state index contributed by atoms with van der Waals surface area (Å²) in [4.78, 5) is 13.6. The van der Waals surface area contributed by atoms with Crippen LogP contribution in [0.3, 0.4) is 0 Å². The maximum absolute atomic E-state index is 13.3. The fourth-order valence-electron chi connectivity index (χ4n) is 2.71. The van der Waals surface area contributed by atoms with E-state index in [0.29, 0.717) is 25.6 Å². The Labute approximate surface area is 144 Å². The number of halogens is 2. The van der Waals surface area contributed by atoms with E-state index in [-0.39, 0.29) is 5.91 Å². The summed E-state index contributed by atoms with van der Waals surface area (Å²) in [5, 5.41) is 0. The fourth-order valence-corrected chi connectivity index (χ4v) is 3.94. The van der Waals surface area contributed by atoms with Crippen LogP contribution in [0, 0.1) is 11.6 Å². The first-order chi connectivity index (χ1) is 11.9. The van der Waals surface area contributed by atoms with E-state index in [0.717, 1.165) is 17.7 Å². The summed E-state index contributed by atoms with van der Waals surface area (Å²) < 4.78 is 53.1. The average molecular weight is 366 g/mol. The molecule has 2 aromatic carbocycles. The second kappa shape index (κ2) is 6.89. The summed E-state index contributed by atoms with van der Waals surface area (Å²) in [5.41, 5.74) is 0.944. The van der Waals surface area contributed by atoms with E-state index in [1.165, 1.54) is 0 Å². The molecule has 0 radical (unpaired) electrons. The largest absolute Gasteiger partial charge is 0.337 e. The summed E-state index contributed by atoms with van der Waals surface area (Å²) in [6.45, 7) is 0.807. The molecule has 1 fully saturated rings. The molecule has 0 aliphatic carbocycles. The first-order valence-corrected chi connectivity index (χ1v) is 9.15. The highest BCUT2D eigenvalue weighted by atomic mass is 32.2. The molecule has 1 N–H and O–H groups in total. The Morgan fingerprint density at radius 3 is 2.48 bits per heavy atom. The zero-order valence-electron chi connectivity index (χ0n) is 13.2. The van der Waals surface area contributed by atoms with Crippen LogP contribution < -0.4 is 4.72 Å². The van der Waals surface area contributed by atoms with Gasteiger partial charge in [-0.2, -0.15) is 4.72 Å². The first kappa shape index (κ1) is 17.5. The molecule has 2 aromatic rings. The van der Waals surface area contributed by atoms with Gasteiger partial charge >= 0.3 is 0 Å². The lowest BCUT2D eigenvalue weighted by Gasteiger charge is -2.17. The van der Waals surface area contributed by atoms with Crippen LogP contribution in [0.5, 0.6) is 0 Å². The molecular formula is C17H16F2N2O3S. The van der Waals surface area contributed by atoms with E-state index in [1.807, 2.05) is 30.3 Å². The highest BCUT2D eigenvalue weighted by Crippen LogP contribution is 2.19. The summed E-state index contributed by atoms with van der Waals surface area (Å²) >= 11 is 0. The Hall–Kier alpha value is -2.32. The van der Waals surface area contributed by atoms with E-state index < -0.39 is 32.6 Å². The molecule has 8 heteroatoms. The Morgan fingerprint density at radius 2 is 1.80 bits per heavy atom. The normalized spacial score (nSPS) is 17.9. The molecule has 0 bridgehead atoms. The Morgan fingerprint density at radius 1 is 1.08 bits per heavy atom. The summed E-state index contributed by atoms with van der Waals surface area (Å²) in [7, 11) is -4.12. The van der Waals surface area contributed by atoms with Crippen molar-refractivity contribution in [2.75, 3.05) is 6.54 Å². The Kier molecular flexibility index (Phi) is 4.82. The van der Waals surface area contributed by atoms with E-state index in [1.54, 1.807) is 4.90 Å². The maximum Gasteiger partial charge on any atom is 0.241 e. The SMILES string of the molecule is O=C1[C@@H](NS(=O)(=O)c2ccc(F)c(F)c2)CCN1Cc1ccccc1. The van der Waals surface area contributed by atoms with Crippen molar-refractivity contribution in [1.82, 2.24) is 9.62 Å². The van der Waals surface area contributed by atoms with Crippen molar-refractivity contribution in [3.63, 3.8) is 0 Å². The van der Waals surface area contributed by atoms with Crippen molar-refractivity contribution >= 4 is 15.9 Å². The molecule has 1 heterocycles. The van der Waals surface area contributed by atoms with Crippen LogP contribution in [0.1, 0.15) is 12.0 Å². The molecule has 0 unspecified atom stereocenters. The number of nitrogens with one attached hydrogen (secondary N) is 1. The molecule has 0 saturated carbocycles. The number of likely N-dealkylation sites (tertiary alicyclic amines) is 1. The number of nitrogens with zero attached hydrogens (tertiary/aromatic N) is 1. The van der Waals surface area contributed by atoms with Crippen molar-refractivity contribution < 1.29 is 22.0 Å². The van der Waals surface area contributed by atoms with Gasteiger partial charge in [-0.15, -0.1) is 0 Å². The minimum Gasteiger partial charge on any atom is -0.337 e. The van der Waals surface area contributed by atoms with Gasteiger partial charge in [0.2, 0.25) is 15.9 Å². The second-order valence-corrected chi connectivity index (χ2v) is 7.50. The van der Waals surface area contributed by atoms with Gasteiger partial charge in [0.05, 0.1) is 4.90 Å². The van der Waals surface area contributed by atoms with Crippen LogP contribution >= 0.6 is 0 Å². The van der Waals surface area contributed by atoms with Crippen LogP contribution in [0.4, 0.5) is 8.78 Å². The number of benzene rings is 2. The molecule has 1 atom stereocenters. The van der Waals surface area contributed by atoms with Gasteiger partial charge in [0.15, 0.2) is 11.6 Å². The molecule has 25 heavy (non-hydrogen) atoms. The lowest BCUT2D eigenvalue weighted by molar-refractivity contribution is -0.129. The molecule has 5 nitrogen and oxygen atoms in total. The third-order valence-corrected chi connectivity index (χ3v) is 5.48. The van der Waals surface area contributed by atoms with Crippen LogP contribution in [-0.4, -0.2) is 31.8 Å². The highest BCUT2D eigenvalue weighted by Gasteiger charge is 2.35. The molecule has 0 spiro atoms. The number of rotatable bonds is 5. The second-order valence-electron chi connectivity index (χ2n) is 5.78. The molecule has 3 rings (SSSR count). The standard InChI is InChI=1S/C17H16F2N2O3S/c18-14-7-6-13(10-15(14)19)25(23,24)20-16-8-9-21(17(16)22)11-12-4-2-1-3-5-12/h1-7,10,16,20H,8-9,11H2/t16-/m0/s1. The van der Waals surface area contributed by atoms with Crippen molar-refractivity contribution in [2.24, 2.45) is 0 Å². The monoisotopic (exact) mass is 366 g/mol. The highest BCUT2D eigenvalue weighted by molar-refractivity contribution is 7.89. The average Bonchev–Trinajstić information content (AvgIpc) is 2.91. The van der Waals surface area contributed by atoms with E-state index in [2.05, 4.69) is 4.72 Å². The third-order valence-electron chi connectivity index (χ3n) is 4.01. The lowest BCUT2D eigenvalue weighted by Crippen LogP contribution is -2.41. The summed E-state index contributed by atoms with van der Waals surface area (Å²) in [5.74, 6) is -2.73. The van der Waals surface area contributed by atoms with Gasteiger partial charge in [-0.3, -0.25) is 4.79 Å². The molecule has 1 amide bonds. The quantitative estimate of drug-likeness (QED) is 0.881. The van der Waals surface area contributed by atoms with E-state index in [4.69, 9.17) is 0 Å². The molecule has 132 valence electrons. The minimum atomic E-state index is -4.12. The predicted molar refractivity (Wildman–Crippen MR) is 86.9 cm³/mol. The van der Waals surface area contributed by atoms with Gasteiger partial charge in [-0.25, -0.2) is 17.2 Å². The summed E-state index contributed by atoms with van der Waals surface area (Å²) in [6, 6.07) is 10.7. The molecule has 1 aliphatic rings. The van der Waals surface area contributed by atoms with Gasteiger partial charge in [0, 0.05) is 13.1 Å². The number of carbonyl (C=O) groups excluding carboxylic acids is 1. The topological polar surface area (TPSA) is 66.5 Å². The van der Waals surface area contributed by atoms with Crippen molar-refractivity contribution in [3.8, 4) is 0 Å². The van der Waals surface area contributed by atoms with Gasteiger partial charge in [0.1, 0.15) is 6.04 Å². The number of hydrogen-bond acceptors (Lipinski definition) is 3. The fraction of sp³-hybridized carbons (Fsp3) is 0.235. The molecule has 1 aliphatic heterocycles. The minimum absolute atomic E-state index is 0.314. The van der Waals surface area contributed by atoms with Gasteiger partial charge in [-0.05, 0) is 30.2 Å². The number of sulfonamides is 1. The van der Waals surface area contributed by atoms with Crippen LogP contribution in [0.25, 0.3) is 0 Å². The van der Waals surface area contributed by atoms with Crippen LogP contribution in [0.2, 0.25) is 0 Å². The van der Waals surface area contributed by atoms with Crippen LogP contribution in [0.15, 0.2) is 53.4 Å². The van der Waals surface area contributed by atoms with E-state index >= 15 is 0 Å². The lowest BCUT2D eigenvalue weighted by atomic mass is 10.2. The van der Waals surface area contributed by atoms with Gasteiger partial charge < -0.3 is 4.90 Å². The van der Waals surface area contributed by atoms with Crippen molar-refractivity contribution in [1.29, 1.82) is 0 Å². The first-order valence-electron chi connectivity index (χ1n) is 7.67. The zero-order chi connectivity index (χ0) is 18.0.